The van der Waals surface area contributed by atoms with Gasteiger partial charge in [0.2, 0.25) is 0 Å². The van der Waals surface area contributed by atoms with Gasteiger partial charge in [-0.1, -0.05) is 12.1 Å². The number of hydrogen-bond acceptors (Lipinski definition) is 3. The van der Waals surface area contributed by atoms with E-state index in [9.17, 15) is 4.39 Å². The lowest BCUT2D eigenvalue weighted by atomic mass is 10.2. The number of hydrogen-bond donors (Lipinski definition) is 1. The van der Waals surface area contributed by atoms with Gasteiger partial charge in [-0.05, 0) is 12.1 Å². The standard InChI is InChI=1S/C11H9FN2O/c12-10-3-1-2-9(4-10)11-13-5-8(7-15)6-14-11/h1-6,15H,7H2. The molecule has 1 heterocycles. The number of benzene rings is 1. The molecule has 1 aromatic heterocycles. The summed E-state index contributed by atoms with van der Waals surface area (Å²) in [7, 11) is 0. The van der Waals surface area contributed by atoms with E-state index in [1.807, 2.05) is 0 Å². The van der Waals surface area contributed by atoms with Crippen LogP contribution in [-0.2, 0) is 6.61 Å². The summed E-state index contributed by atoms with van der Waals surface area (Å²) in [5.41, 5.74) is 1.26. The molecule has 0 fully saturated rings. The van der Waals surface area contributed by atoms with Crippen LogP contribution in [-0.4, -0.2) is 15.1 Å². The van der Waals surface area contributed by atoms with Crippen LogP contribution in [0.3, 0.4) is 0 Å². The summed E-state index contributed by atoms with van der Waals surface area (Å²) in [6.07, 6.45) is 3.04. The highest BCUT2D eigenvalue weighted by Gasteiger charge is 2.01. The van der Waals surface area contributed by atoms with E-state index in [0.29, 0.717) is 17.0 Å². The molecule has 2 aromatic rings. The summed E-state index contributed by atoms with van der Waals surface area (Å²) in [5.74, 6) is 0.133. The lowest BCUT2D eigenvalue weighted by molar-refractivity contribution is 0.281. The van der Waals surface area contributed by atoms with Crippen molar-refractivity contribution in [2.24, 2.45) is 0 Å². The van der Waals surface area contributed by atoms with Crippen molar-refractivity contribution in [3.05, 3.63) is 48.0 Å². The number of halogens is 1. The third-order valence-corrected chi connectivity index (χ3v) is 1.97. The predicted molar refractivity (Wildman–Crippen MR) is 53.3 cm³/mol. The zero-order valence-electron chi connectivity index (χ0n) is 7.89. The molecule has 0 atom stereocenters. The van der Waals surface area contributed by atoms with Crippen molar-refractivity contribution in [3.8, 4) is 11.4 Å². The average Bonchev–Trinajstić information content (AvgIpc) is 2.29. The number of rotatable bonds is 2. The maximum Gasteiger partial charge on any atom is 0.159 e. The molecule has 1 aromatic carbocycles. The Kier molecular flexibility index (Phi) is 2.69. The van der Waals surface area contributed by atoms with Gasteiger partial charge in [0.15, 0.2) is 5.82 Å². The lowest BCUT2D eigenvalue weighted by Crippen LogP contribution is -1.92. The average molecular weight is 204 g/mol. The molecule has 4 heteroatoms. The van der Waals surface area contributed by atoms with Gasteiger partial charge in [0.05, 0.1) is 6.61 Å². The number of aliphatic hydroxyl groups is 1. The minimum atomic E-state index is -0.317. The molecule has 1 N–H and O–H groups in total. The first-order valence-corrected chi connectivity index (χ1v) is 4.47. The highest BCUT2D eigenvalue weighted by molar-refractivity contribution is 5.54. The first kappa shape index (κ1) is 9.73. The van der Waals surface area contributed by atoms with Gasteiger partial charge in [0.25, 0.3) is 0 Å². The highest BCUT2D eigenvalue weighted by Crippen LogP contribution is 2.15. The van der Waals surface area contributed by atoms with Gasteiger partial charge in [0.1, 0.15) is 5.82 Å². The fourth-order valence-corrected chi connectivity index (χ4v) is 1.21. The molecule has 0 aliphatic carbocycles. The molecule has 0 saturated carbocycles. The number of nitrogens with zero attached hydrogens (tertiary/aromatic N) is 2. The van der Waals surface area contributed by atoms with E-state index in [1.54, 1.807) is 12.1 Å². The lowest BCUT2D eigenvalue weighted by Gasteiger charge is -2.00. The third-order valence-electron chi connectivity index (χ3n) is 1.97. The van der Waals surface area contributed by atoms with Crippen molar-refractivity contribution in [1.29, 1.82) is 0 Å². The Bertz CT molecular complexity index is 456. The van der Waals surface area contributed by atoms with Crippen LogP contribution >= 0.6 is 0 Å². The van der Waals surface area contributed by atoms with Gasteiger partial charge in [-0.25, -0.2) is 14.4 Å². The van der Waals surface area contributed by atoms with Crippen molar-refractivity contribution < 1.29 is 9.50 Å². The molecular weight excluding hydrogens is 195 g/mol. The Labute approximate surface area is 86.3 Å². The third kappa shape index (κ3) is 2.16. The fourth-order valence-electron chi connectivity index (χ4n) is 1.21. The highest BCUT2D eigenvalue weighted by atomic mass is 19.1. The Hall–Kier alpha value is -1.81. The summed E-state index contributed by atoms with van der Waals surface area (Å²) < 4.78 is 12.9. The molecule has 0 aliphatic rings. The molecule has 0 saturated heterocycles. The van der Waals surface area contributed by atoms with Gasteiger partial charge < -0.3 is 5.11 Å². The van der Waals surface area contributed by atoms with Gasteiger partial charge >= 0.3 is 0 Å². The van der Waals surface area contributed by atoms with E-state index >= 15 is 0 Å². The second-order valence-corrected chi connectivity index (χ2v) is 3.08. The van der Waals surface area contributed by atoms with Crippen LogP contribution in [0, 0.1) is 5.82 Å². The zero-order chi connectivity index (χ0) is 10.7. The van der Waals surface area contributed by atoms with Crippen LogP contribution in [0.5, 0.6) is 0 Å². The SMILES string of the molecule is OCc1cnc(-c2cccc(F)c2)nc1. The summed E-state index contributed by atoms with van der Waals surface area (Å²) >= 11 is 0. The Morgan fingerprint density at radius 2 is 1.93 bits per heavy atom. The maximum atomic E-state index is 12.9. The molecule has 0 amide bonds. The van der Waals surface area contributed by atoms with Crippen LogP contribution < -0.4 is 0 Å². The van der Waals surface area contributed by atoms with Crippen molar-refractivity contribution in [2.45, 2.75) is 6.61 Å². The van der Waals surface area contributed by atoms with E-state index in [0.717, 1.165) is 0 Å². The molecule has 0 bridgehead atoms. The minimum Gasteiger partial charge on any atom is -0.392 e. The summed E-state index contributed by atoms with van der Waals surface area (Å²) in [4.78, 5) is 8.05. The van der Waals surface area contributed by atoms with Crippen LogP contribution in [0.1, 0.15) is 5.56 Å². The first-order chi connectivity index (χ1) is 7.29. The largest absolute Gasteiger partial charge is 0.392 e. The van der Waals surface area contributed by atoms with E-state index < -0.39 is 0 Å². The molecular formula is C11H9FN2O. The van der Waals surface area contributed by atoms with E-state index in [1.165, 1.54) is 24.5 Å². The van der Waals surface area contributed by atoms with Gasteiger partial charge in [0, 0.05) is 23.5 Å². The van der Waals surface area contributed by atoms with E-state index in [-0.39, 0.29) is 12.4 Å². The quantitative estimate of drug-likeness (QED) is 0.810. The first-order valence-electron chi connectivity index (χ1n) is 4.47. The smallest absolute Gasteiger partial charge is 0.159 e. The molecule has 15 heavy (non-hydrogen) atoms. The van der Waals surface area contributed by atoms with Crippen LogP contribution in [0.15, 0.2) is 36.7 Å². The van der Waals surface area contributed by atoms with Crippen molar-refractivity contribution in [1.82, 2.24) is 9.97 Å². The number of aliphatic hydroxyl groups excluding tert-OH is 1. The normalized spacial score (nSPS) is 10.3. The van der Waals surface area contributed by atoms with Gasteiger partial charge in [-0.15, -0.1) is 0 Å². The topological polar surface area (TPSA) is 46.0 Å². The summed E-state index contributed by atoms with van der Waals surface area (Å²) in [6.45, 7) is -0.0938. The van der Waals surface area contributed by atoms with E-state index in [2.05, 4.69) is 9.97 Å². The Morgan fingerprint density at radius 3 is 2.53 bits per heavy atom. The van der Waals surface area contributed by atoms with Crippen molar-refractivity contribution >= 4 is 0 Å². The van der Waals surface area contributed by atoms with Gasteiger partial charge in [-0.3, -0.25) is 0 Å². The molecule has 0 aliphatic heterocycles. The van der Waals surface area contributed by atoms with E-state index in [4.69, 9.17) is 5.11 Å². The van der Waals surface area contributed by atoms with Crippen LogP contribution in [0.4, 0.5) is 4.39 Å². The van der Waals surface area contributed by atoms with Crippen LogP contribution in [0.25, 0.3) is 11.4 Å². The Morgan fingerprint density at radius 1 is 1.20 bits per heavy atom. The molecule has 76 valence electrons. The molecule has 2 rings (SSSR count). The monoisotopic (exact) mass is 204 g/mol. The predicted octanol–water partition coefficient (Wildman–Crippen LogP) is 1.77. The molecule has 3 nitrogen and oxygen atoms in total. The summed E-state index contributed by atoms with van der Waals surface area (Å²) in [6, 6.07) is 6.07. The second-order valence-electron chi connectivity index (χ2n) is 3.08. The molecule has 0 unspecified atom stereocenters. The maximum absolute atomic E-state index is 12.9. The van der Waals surface area contributed by atoms with Crippen LogP contribution in [0.2, 0.25) is 0 Å². The van der Waals surface area contributed by atoms with Crippen molar-refractivity contribution in [3.63, 3.8) is 0 Å². The van der Waals surface area contributed by atoms with Gasteiger partial charge in [-0.2, -0.15) is 0 Å². The zero-order valence-corrected chi connectivity index (χ0v) is 7.89. The molecule has 0 spiro atoms. The summed E-state index contributed by atoms with van der Waals surface area (Å²) in [5, 5.41) is 8.80. The Balaban J connectivity index is 2.37. The minimum absolute atomic E-state index is 0.0938. The number of aromatic nitrogens is 2. The second kappa shape index (κ2) is 4.14. The fraction of sp³-hybridized carbons (Fsp3) is 0.0909. The molecule has 0 radical (unpaired) electrons. The van der Waals surface area contributed by atoms with Crippen molar-refractivity contribution in [2.75, 3.05) is 0 Å².